The lowest BCUT2D eigenvalue weighted by Gasteiger charge is -2.29. The van der Waals surface area contributed by atoms with Crippen LogP contribution in [0.5, 0.6) is 0 Å². The molecule has 0 heterocycles. The number of carbonyl (C=O) groups excluding carboxylic acids is 1. The largest absolute Gasteiger partial charge is 0.335 e. The van der Waals surface area contributed by atoms with E-state index in [1.165, 1.54) is 24.6 Å². The average Bonchev–Trinajstić information content (AvgIpc) is 2.37. The van der Waals surface area contributed by atoms with Crippen molar-refractivity contribution < 1.29 is 9.18 Å². The number of urea groups is 1. The van der Waals surface area contributed by atoms with Gasteiger partial charge < -0.3 is 10.6 Å². The molecular formula is C14H18ClFN2O. The first kappa shape index (κ1) is 14.1. The van der Waals surface area contributed by atoms with Gasteiger partial charge >= 0.3 is 6.03 Å². The number of hydrogen-bond donors (Lipinski definition) is 2. The van der Waals surface area contributed by atoms with Crippen LogP contribution < -0.4 is 10.6 Å². The summed E-state index contributed by atoms with van der Waals surface area (Å²) < 4.78 is 13.0. The summed E-state index contributed by atoms with van der Waals surface area (Å²) in [4.78, 5) is 11.9. The van der Waals surface area contributed by atoms with Crippen LogP contribution >= 0.6 is 11.6 Å². The first-order valence-electron chi connectivity index (χ1n) is 6.59. The van der Waals surface area contributed by atoms with Gasteiger partial charge in [-0.15, -0.1) is 0 Å². The molecule has 1 aliphatic rings. The Morgan fingerprint density at radius 2 is 2.11 bits per heavy atom. The Kier molecular flexibility index (Phi) is 4.64. The van der Waals surface area contributed by atoms with Gasteiger partial charge in [0.05, 0.1) is 5.02 Å². The molecule has 0 radical (unpaired) electrons. The van der Waals surface area contributed by atoms with Crippen molar-refractivity contribution in [2.24, 2.45) is 5.92 Å². The zero-order chi connectivity index (χ0) is 13.8. The monoisotopic (exact) mass is 284 g/mol. The zero-order valence-corrected chi connectivity index (χ0v) is 11.6. The van der Waals surface area contributed by atoms with Crippen molar-refractivity contribution in [3.05, 3.63) is 29.0 Å². The second kappa shape index (κ2) is 6.24. The van der Waals surface area contributed by atoms with Gasteiger partial charge in [-0.2, -0.15) is 0 Å². The van der Waals surface area contributed by atoms with Crippen molar-refractivity contribution in [1.82, 2.24) is 5.32 Å². The third kappa shape index (κ3) is 3.83. The van der Waals surface area contributed by atoms with Crippen molar-refractivity contribution in [1.29, 1.82) is 0 Å². The van der Waals surface area contributed by atoms with Gasteiger partial charge in [-0.1, -0.05) is 31.4 Å². The van der Waals surface area contributed by atoms with Crippen LogP contribution in [0.3, 0.4) is 0 Å². The first-order valence-corrected chi connectivity index (χ1v) is 6.96. The Hall–Kier alpha value is -1.29. The van der Waals surface area contributed by atoms with E-state index >= 15 is 0 Å². The van der Waals surface area contributed by atoms with E-state index in [0.717, 1.165) is 19.3 Å². The van der Waals surface area contributed by atoms with E-state index in [2.05, 4.69) is 17.6 Å². The fraction of sp³-hybridized carbons (Fsp3) is 0.500. The van der Waals surface area contributed by atoms with E-state index in [0.29, 0.717) is 11.6 Å². The molecule has 0 spiro atoms. The molecule has 0 aromatic heterocycles. The van der Waals surface area contributed by atoms with Crippen molar-refractivity contribution in [3.63, 3.8) is 0 Å². The minimum atomic E-state index is -0.492. The van der Waals surface area contributed by atoms with Crippen molar-refractivity contribution in [2.75, 3.05) is 5.32 Å². The summed E-state index contributed by atoms with van der Waals surface area (Å²) >= 11 is 5.67. The number of halogens is 2. The van der Waals surface area contributed by atoms with E-state index in [1.807, 2.05) is 0 Å². The molecule has 2 amide bonds. The highest BCUT2D eigenvalue weighted by Crippen LogP contribution is 2.24. The normalized spacial score (nSPS) is 22.9. The van der Waals surface area contributed by atoms with Crippen LogP contribution in [-0.4, -0.2) is 12.1 Å². The van der Waals surface area contributed by atoms with E-state index in [-0.39, 0.29) is 17.1 Å². The van der Waals surface area contributed by atoms with Gasteiger partial charge in [-0.05, 0) is 37.0 Å². The predicted octanol–water partition coefficient (Wildman–Crippen LogP) is 4.18. The number of amides is 2. The van der Waals surface area contributed by atoms with Crippen LogP contribution in [0.15, 0.2) is 18.2 Å². The van der Waals surface area contributed by atoms with Gasteiger partial charge in [0.2, 0.25) is 0 Å². The Labute approximate surface area is 117 Å². The second-order valence-corrected chi connectivity index (χ2v) is 5.50. The summed E-state index contributed by atoms with van der Waals surface area (Å²) in [5.41, 5.74) is 0.493. The molecule has 1 saturated carbocycles. The average molecular weight is 285 g/mol. The molecule has 1 aromatic rings. The molecule has 3 nitrogen and oxygen atoms in total. The Balaban J connectivity index is 1.91. The lowest BCUT2D eigenvalue weighted by molar-refractivity contribution is 0.232. The molecule has 5 heteroatoms. The molecule has 2 N–H and O–H groups in total. The molecule has 0 bridgehead atoms. The molecule has 2 rings (SSSR count). The lowest BCUT2D eigenvalue weighted by atomic mass is 9.86. The van der Waals surface area contributed by atoms with Crippen LogP contribution in [0.1, 0.15) is 32.6 Å². The van der Waals surface area contributed by atoms with Crippen molar-refractivity contribution in [3.8, 4) is 0 Å². The number of benzene rings is 1. The predicted molar refractivity (Wildman–Crippen MR) is 75.0 cm³/mol. The summed E-state index contributed by atoms with van der Waals surface area (Å²) in [7, 11) is 0. The highest BCUT2D eigenvalue weighted by atomic mass is 35.5. The molecule has 104 valence electrons. The summed E-state index contributed by atoms with van der Waals surface area (Å²) in [6, 6.07) is 4.08. The molecule has 0 aliphatic heterocycles. The van der Waals surface area contributed by atoms with Gasteiger partial charge in [-0.25, -0.2) is 9.18 Å². The maximum atomic E-state index is 13.0. The van der Waals surface area contributed by atoms with E-state index in [4.69, 9.17) is 11.6 Å². The van der Waals surface area contributed by atoms with E-state index < -0.39 is 5.82 Å². The topological polar surface area (TPSA) is 41.1 Å². The first-order chi connectivity index (χ1) is 9.06. The van der Waals surface area contributed by atoms with E-state index in [1.54, 1.807) is 0 Å². The van der Waals surface area contributed by atoms with Crippen LogP contribution in [-0.2, 0) is 0 Å². The molecule has 1 aliphatic carbocycles. The van der Waals surface area contributed by atoms with Gasteiger partial charge in [0.25, 0.3) is 0 Å². The SMILES string of the molecule is CC1CCCCC1NC(=O)Nc1ccc(F)c(Cl)c1. The molecule has 2 unspecified atom stereocenters. The van der Waals surface area contributed by atoms with Crippen LogP contribution in [0.4, 0.5) is 14.9 Å². The maximum absolute atomic E-state index is 13.0. The molecule has 19 heavy (non-hydrogen) atoms. The standard InChI is InChI=1S/C14H18ClFN2O/c1-9-4-2-3-5-13(9)18-14(19)17-10-6-7-12(16)11(15)8-10/h6-9,13H,2-5H2,1H3,(H2,17,18,19). The minimum absolute atomic E-state index is 0.00355. The summed E-state index contributed by atoms with van der Waals surface area (Å²) in [6.45, 7) is 2.15. The molecule has 1 aromatic carbocycles. The van der Waals surface area contributed by atoms with Gasteiger partial charge in [0.1, 0.15) is 5.82 Å². The number of nitrogens with one attached hydrogen (secondary N) is 2. The van der Waals surface area contributed by atoms with Crippen molar-refractivity contribution in [2.45, 2.75) is 38.6 Å². The van der Waals surface area contributed by atoms with E-state index in [9.17, 15) is 9.18 Å². The van der Waals surface area contributed by atoms with Crippen LogP contribution in [0, 0.1) is 11.7 Å². The highest BCUT2D eigenvalue weighted by Gasteiger charge is 2.22. The number of anilines is 1. The fourth-order valence-electron chi connectivity index (χ4n) is 2.44. The van der Waals surface area contributed by atoms with Gasteiger partial charge in [-0.3, -0.25) is 0 Å². The third-order valence-electron chi connectivity index (χ3n) is 3.61. The Bertz CT molecular complexity index is 467. The maximum Gasteiger partial charge on any atom is 0.319 e. The highest BCUT2D eigenvalue weighted by molar-refractivity contribution is 6.31. The number of hydrogen-bond acceptors (Lipinski definition) is 1. The summed E-state index contributed by atoms with van der Waals surface area (Å²) in [6.07, 6.45) is 4.54. The quantitative estimate of drug-likeness (QED) is 0.840. The number of rotatable bonds is 2. The van der Waals surface area contributed by atoms with Crippen molar-refractivity contribution >= 4 is 23.3 Å². The molecular weight excluding hydrogens is 267 g/mol. The smallest absolute Gasteiger partial charge is 0.319 e. The molecule has 0 saturated heterocycles. The lowest BCUT2D eigenvalue weighted by Crippen LogP contribution is -2.43. The molecule has 1 fully saturated rings. The zero-order valence-electron chi connectivity index (χ0n) is 10.9. The van der Waals surface area contributed by atoms with Gasteiger partial charge in [0, 0.05) is 11.7 Å². The van der Waals surface area contributed by atoms with Crippen LogP contribution in [0.25, 0.3) is 0 Å². The number of carbonyl (C=O) groups is 1. The summed E-state index contributed by atoms with van der Waals surface area (Å²) in [5.74, 6) is 0.00448. The summed E-state index contributed by atoms with van der Waals surface area (Å²) in [5, 5.41) is 5.64. The molecule has 2 atom stereocenters. The minimum Gasteiger partial charge on any atom is -0.335 e. The second-order valence-electron chi connectivity index (χ2n) is 5.10. The van der Waals surface area contributed by atoms with Gasteiger partial charge in [0.15, 0.2) is 0 Å². The van der Waals surface area contributed by atoms with Crippen LogP contribution in [0.2, 0.25) is 5.02 Å². The Morgan fingerprint density at radius 3 is 2.79 bits per heavy atom. The fourth-order valence-corrected chi connectivity index (χ4v) is 2.62. The third-order valence-corrected chi connectivity index (χ3v) is 3.90. The Morgan fingerprint density at radius 1 is 1.37 bits per heavy atom.